The predicted octanol–water partition coefficient (Wildman–Crippen LogP) is 2.80. The Morgan fingerprint density at radius 2 is 2.00 bits per heavy atom. The van der Waals surface area contributed by atoms with Gasteiger partial charge >= 0.3 is 0 Å². The van der Waals surface area contributed by atoms with Crippen molar-refractivity contribution in [3.8, 4) is 0 Å². The van der Waals surface area contributed by atoms with Gasteiger partial charge in [-0.25, -0.2) is 0 Å². The van der Waals surface area contributed by atoms with Crippen LogP contribution in [-0.2, 0) is 0 Å². The summed E-state index contributed by atoms with van der Waals surface area (Å²) in [6.45, 7) is 12.7. The topological polar surface area (TPSA) is 12.0 Å². The summed E-state index contributed by atoms with van der Waals surface area (Å²) in [5, 5.41) is 0. The van der Waals surface area contributed by atoms with Crippen molar-refractivity contribution in [3.05, 3.63) is 11.5 Å². The Morgan fingerprint density at radius 1 is 1.56 bits per heavy atom. The van der Waals surface area contributed by atoms with E-state index in [2.05, 4.69) is 18.2 Å². The molecule has 0 radical (unpaired) electrons. The first-order valence-corrected chi connectivity index (χ1v) is 4.14. The highest BCUT2D eigenvalue weighted by atomic mass is 32.2. The van der Waals surface area contributed by atoms with Gasteiger partial charge in [0.1, 0.15) is 0 Å². The summed E-state index contributed by atoms with van der Waals surface area (Å²) in [5.41, 5.74) is 0. The number of hydrogen-bond acceptors (Lipinski definition) is 2. The molecule has 9 heavy (non-hydrogen) atoms. The minimum atomic E-state index is 0.998. The van der Waals surface area contributed by atoms with Crippen LogP contribution in [0.25, 0.3) is 0 Å². The molecule has 0 aliphatic carbocycles. The van der Waals surface area contributed by atoms with Crippen molar-refractivity contribution in [2.45, 2.75) is 27.7 Å². The Hall–Kier alpha value is 0.0500. The molecule has 0 rings (SSSR count). The summed E-state index contributed by atoms with van der Waals surface area (Å²) < 4.78 is 3.06. The number of hydrogen-bond donors (Lipinski definition) is 1. The zero-order valence-electron chi connectivity index (χ0n) is 6.82. The molecule has 1 N–H and O–H groups in total. The quantitative estimate of drug-likeness (QED) is 0.616. The summed E-state index contributed by atoms with van der Waals surface area (Å²) in [6, 6.07) is 0. The van der Waals surface area contributed by atoms with Gasteiger partial charge in [-0.15, -0.1) is 0 Å². The van der Waals surface area contributed by atoms with Crippen LogP contribution in [0.3, 0.4) is 0 Å². The van der Waals surface area contributed by atoms with Gasteiger partial charge < -0.3 is 0 Å². The van der Waals surface area contributed by atoms with Crippen LogP contribution in [0.4, 0.5) is 0 Å². The zero-order chi connectivity index (χ0) is 7.70. The number of allylic oxidation sites excluding steroid dienone is 1. The Morgan fingerprint density at radius 3 is 2.11 bits per heavy atom. The van der Waals surface area contributed by atoms with Gasteiger partial charge in [0.15, 0.2) is 0 Å². The lowest BCUT2D eigenvalue weighted by Crippen LogP contribution is -1.99. The molecule has 56 valence electrons. The maximum atomic E-state index is 3.69. The van der Waals surface area contributed by atoms with E-state index in [0.717, 1.165) is 11.4 Å². The minimum Gasteiger partial charge on any atom is -0.260 e. The fraction of sp³-hybridized carbons (Fsp3) is 0.714. The monoisotopic (exact) mass is 147 g/mol. The Labute approximate surface area is 63.1 Å². The highest BCUT2D eigenvalue weighted by molar-refractivity contribution is 8.01. The van der Waals surface area contributed by atoms with Gasteiger partial charge in [0.2, 0.25) is 0 Å². The molecule has 0 aromatic heterocycles. The van der Waals surface area contributed by atoms with Crippen molar-refractivity contribution in [2.75, 3.05) is 6.54 Å². The van der Waals surface area contributed by atoms with Crippen molar-refractivity contribution >= 4 is 11.9 Å². The zero-order valence-corrected chi connectivity index (χ0v) is 7.64. The van der Waals surface area contributed by atoms with Crippen LogP contribution in [0.15, 0.2) is 11.5 Å². The van der Waals surface area contributed by atoms with Crippen molar-refractivity contribution < 1.29 is 0 Å². The molecule has 0 atom stereocenters. The lowest BCUT2D eigenvalue weighted by atomic mass is 10.8. The maximum Gasteiger partial charge on any atom is 0.00332 e. The third kappa shape index (κ3) is 18.0. The van der Waals surface area contributed by atoms with Gasteiger partial charge in [0.05, 0.1) is 0 Å². The summed E-state index contributed by atoms with van der Waals surface area (Å²) in [4.78, 5) is 1.11. The highest BCUT2D eigenvalue weighted by Gasteiger charge is 1.79. The van der Waals surface area contributed by atoms with E-state index in [1.165, 1.54) is 0 Å². The smallest absolute Gasteiger partial charge is 0.00332 e. The fourth-order valence-electron chi connectivity index (χ4n) is 0.195. The highest BCUT2D eigenvalue weighted by Crippen LogP contribution is 2.04. The van der Waals surface area contributed by atoms with E-state index < -0.39 is 0 Å². The molecule has 0 unspecified atom stereocenters. The van der Waals surface area contributed by atoms with E-state index in [4.69, 9.17) is 0 Å². The summed E-state index contributed by atoms with van der Waals surface area (Å²) in [7, 11) is 0. The fourth-order valence-corrected chi connectivity index (χ4v) is 0.586. The molecule has 0 spiro atoms. The molecule has 0 aromatic rings. The average molecular weight is 147 g/mol. The molecule has 0 fully saturated rings. The molecule has 0 aromatic carbocycles. The van der Waals surface area contributed by atoms with Gasteiger partial charge in [-0.3, -0.25) is 4.72 Å². The Balaban J connectivity index is 0. The molecule has 0 bridgehead atoms. The first-order valence-electron chi connectivity index (χ1n) is 3.32. The van der Waals surface area contributed by atoms with E-state index in [0.29, 0.717) is 0 Å². The van der Waals surface area contributed by atoms with Gasteiger partial charge in [-0.05, 0) is 11.8 Å². The molecule has 1 nitrogen and oxygen atoms in total. The van der Waals surface area contributed by atoms with E-state index >= 15 is 0 Å². The molecule has 0 saturated carbocycles. The van der Waals surface area contributed by atoms with Gasteiger partial charge in [0, 0.05) is 6.54 Å². The first kappa shape index (κ1) is 11.8. The van der Waals surface area contributed by atoms with E-state index in [-0.39, 0.29) is 0 Å². The maximum absolute atomic E-state index is 3.69. The molecule has 0 amide bonds. The lowest BCUT2D eigenvalue weighted by molar-refractivity contribution is 1.04. The summed E-state index contributed by atoms with van der Waals surface area (Å²) >= 11 is 1.59. The third-order valence-electron chi connectivity index (χ3n) is 0.391. The van der Waals surface area contributed by atoms with E-state index in [1.807, 2.05) is 20.8 Å². The average Bonchev–Trinajstić information content (AvgIpc) is 1.88. The predicted molar refractivity (Wildman–Crippen MR) is 47.4 cm³/mol. The second-order valence-corrected chi connectivity index (χ2v) is 2.49. The van der Waals surface area contributed by atoms with Crippen molar-refractivity contribution in [2.24, 2.45) is 0 Å². The first-order chi connectivity index (χ1) is 4.27. The molecular weight excluding hydrogens is 130 g/mol. The molecule has 0 aliphatic heterocycles. The molecule has 0 heterocycles. The molecule has 2 heteroatoms. The van der Waals surface area contributed by atoms with Crippen molar-refractivity contribution in [1.29, 1.82) is 0 Å². The van der Waals surface area contributed by atoms with Crippen molar-refractivity contribution in [1.82, 2.24) is 4.72 Å². The normalized spacial score (nSPS) is 7.56. The molecular formula is C7H17NS. The molecule has 0 aliphatic rings. The molecule has 0 saturated heterocycles. The standard InChI is InChI=1S/C5H11NS.C2H6/c1-4-6-7-5(2)3;1-2/h6H,2,4H2,1,3H3;1-2H3. The second kappa shape index (κ2) is 10.9. The van der Waals surface area contributed by atoms with Crippen LogP contribution >= 0.6 is 11.9 Å². The van der Waals surface area contributed by atoms with Gasteiger partial charge in [-0.2, -0.15) is 0 Å². The Kier molecular flexibility index (Phi) is 14.3. The third-order valence-corrected chi connectivity index (χ3v) is 1.17. The van der Waals surface area contributed by atoms with E-state index in [1.54, 1.807) is 11.9 Å². The van der Waals surface area contributed by atoms with Gasteiger partial charge in [0.25, 0.3) is 0 Å². The van der Waals surface area contributed by atoms with Crippen LogP contribution in [0, 0.1) is 0 Å². The SMILES string of the molecule is C=C(C)SNCC.CC. The number of nitrogens with one attached hydrogen (secondary N) is 1. The Bertz CT molecular complexity index is 61.9. The van der Waals surface area contributed by atoms with Crippen LogP contribution < -0.4 is 4.72 Å². The van der Waals surface area contributed by atoms with Crippen LogP contribution in [0.1, 0.15) is 27.7 Å². The summed E-state index contributed by atoms with van der Waals surface area (Å²) in [5.74, 6) is 0. The van der Waals surface area contributed by atoms with Crippen LogP contribution in [-0.4, -0.2) is 6.54 Å². The van der Waals surface area contributed by atoms with Crippen LogP contribution in [0.2, 0.25) is 0 Å². The minimum absolute atomic E-state index is 0.998. The number of rotatable bonds is 3. The lowest BCUT2D eigenvalue weighted by Gasteiger charge is -1.94. The van der Waals surface area contributed by atoms with Crippen LogP contribution in [0.5, 0.6) is 0 Å². The van der Waals surface area contributed by atoms with E-state index in [9.17, 15) is 0 Å². The summed E-state index contributed by atoms with van der Waals surface area (Å²) in [6.07, 6.45) is 0. The van der Waals surface area contributed by atoms with Gasteiger partial charge in [-0.1, -0.05) is 39.3 Å². The second-order valence-electron chi connectivity index (χ2n) is 1.30. The van der Waals surface area contributed by atoms with Crippen molar-refractivity contribution in [3.63, 3.8) is 0 Å². The largest absolute Gasteiger partial charge is 0.260 e.